The van der Waals surface area contributed by atoms with Gasteiger partial charge in [0.05, 0.1) is 12.7 Å². The van der Waals surface area contributed by atoms with Crippen molar-refractivity contribution in [1.29, 1.82) is 0 Å². The van der Waals surface area contributed by atoms with Crippen LogP contribution in [-0.2, 0) is 4.74 Å². The van der Waals surface area contributed by atoms with Crippen LogP contribution in [0.4, 0.5) is 0 Å². The van der Waals surface area contributed by atoms with E-state index in [9.17, 15) is 4.79 Å². The largest absolute Gasteiger partial charge is 0.465 e. The van der Waals surface area contributed by atoms with Crippen molar-refractivity contribution in [2.24, 2.45) is 0 Å². The van der Waals surface area contributed by atoms with E-state index in [4.69, 9.17) is 14.2 Å². The van der Waals surface area contributed by atoms with Crippen molar-refractivity contribution >= 4 is 5.97 Å². The number of carbonyl (C=O) groups excluding carboxylic acids is 1. The molecule has 0 spiro atoms. The molecule has 1 aliphatic rings. The van der Waals surface area contributed by atoms with Gasteiger partial charge in [-0.1, -0.05) is 78.9 Å². The van der Waals surface area contributed by atoms with E-state index in [0.29, 0.717) is 17.1 Å². The summed E-state index contributed by atoms with van der Waals surface area (Å²) >= 11 is 0. The summed E-state index contributed by atoms with van der Waals surface area (Å²) in [4.78, 5) is 12.6. The summed E-state index contributed by atoms with van der Waals surface area (Å²) in [5, 5.41) is 0. The molecule has 0 bridgehead atoms. The Labute approximate surface area is 180 Å². The van der Waals surface area contributed by atoms with E-state index in [2.05, 4.69) is 30.3 Å². The van der Waals surface area contributed by atoms with Gasteiger partial charge < -0.3 is 14.2 Å². The highest BCUT2D eigenvalue weighted by molar-refractivity contribution is 6.02. The van der Waals surface area contributed by atoms with Gasteiger partial charge in [-0.05, 0) is 39.9 Å². The summed E-state index contributed by atoms with van der Waals surface area (Å²) in [6, 6.07) is 30.2. The van der Waals surface area contributed by atoms with Gasteiger partial charge in [0.15, 0.2) is 11.5 Å². The second kappa shape index (κ2) is 8.00. The van der Waals surface area contributed by atoms with Gasteiger partial charge in [0.1, 0.15) is 0 Å². The zero-order valence-corrected chi connectivity index (χ0v) is 17.0. The molecule has 0 amide bonds. The van der Waals surface area contributed by atoms with Gasteiger partial charge in [-0.3, -0.25) is 0 Å². The minimum Gasteiger partial charge on any atom is -0.465 e. The van der Waals surface area contributed by atoms with Gasteiger partial charge in [-0.2, -0.15) is 0 Å². The van der Waals surface area contributed by atoms with Crippen molar-refractivity contribution in [3.63, 3.8) is 0 Å². The Kier molecular flexibility index (Phi) is 4.89. The van der Waals surface area contributed by atoms with Crippen LogP contribution in [0.25, 0.3) is 33.4 Å². The number of fused-ring (bicyclic) bond motifs is 1. The van der Waals surface area contributed by atoms with E-state index in [1.165, 1.54) is 7.11 Å². The first kappa shape index (κ1) is 18.9. The molecule has 4 nitrogen and oxygen atoms in total. The maximum Gasteiger partial charge on any atom is 0.338 e. The predicted molar refractivity (Wildman–Crippen MR) is 120 cm³/mol. The summed E-state index contributed by atoms with van der Waals surface area (Å²) in [6.45, 7) is 0.137. The highest BCUT2D eigenvalue weighted by Gasteiger charge is 2.24. The lowest BCUT2D eigenvalue weighted by Gasteiger charge is -2.17. The van der Waals surface area contributed by atoms with Crippen LogP contribution in [0, 0.1) is 0 Å². The first-order chi connectivity index (χ1) is 15.3. The van der Waals surface area contributed by atoms with Crippen LogP contribution in [0.3, 0.4) is 0 Å². The maximum atomic E-state index is 12.6. The third-order valence-electron chi connectivity index (χ3n) is 5.44. The monoisotopic (exact) mass is 408 g/mol. The average Bonchev–Trinajstić information content (AvgIpc) is 3.31. The first-order valence-electron chi connectivity index (χ1n) is 10.0. The molecule has 0 saturated heterocycles. The van der Waals surface area contributed by atoms with Crippen molar-refractivity contribution in [2.45, 2.75) is 0 Å². The Morgan fingerprint density at radius 1 is 0.677 bits per heavy atom. The average molecular weight is 408 g/mol. The van der Waals surface area contributed by atoms with E-state index >= 15 is 0 Å². The standard InChI is InChI=1S/C27H20O4/c1-29-27(28)24-16-26-25(30-17-31-26)15-23(24)22-14-8-7-13-21(22)20-12-6-5-11-19(20)18-9-3-2-4-10-18/h2-16H,17H2,1H3. The van der Waals surface area contributed by atoms with E-state index in [0.717, 1.165) is 33.4 Å². The lowest BCUT2D eigenvalue weighted by molar-refractivity contribution is 0.0601. The molecular formula is C27H20O4. The van der Waals surface area contributed by atoms with Crippen LogP contribution >= 0.6 is 0 Å². The number of benzene rings is 4. The molecule has 4 aromatic carbocycles. The molecule has 0 aromatic heterocycles. The number of ether oxygens (including phenoxy) is 3. The SMILES string of the molecule is COC(=O)c1cc2c(cc1-c1ccccc1-c1ccccc1-c1ccccc1)OCO2. The molecule has 0 atom stereocenters. The molecule has 152 valence electrons. The summed E-state index contributed by atoms with van der Waals surface area (Å²) < 4.78 is 16.1. The van der Waals surface area contributed by atoms with E-state index in [-0.39, 0.29) is 6.79 Å². The molecular weight excluding hydrogens is 388 g/mol. The van der Waals surface area contributed by atoms with Gasteiger partial charge in [-0.15, -0.1) is 0 Å². The highest BCUT2D eigenvalue weighted by atomic mass is 16.7. The van der Waals surface area contributed by atoms with Crippen LogP contribution in [0.1, 0.15) is 10.4 Å². The summed E-state index contributed by atoms with van der Waals surface area (Å²) in [7, 11) is 1.38. The molecule has 1 heterocycles. The highest BCUT2D eigenvalue weighted by Crippen LogP contribution is 2.43. The van der Waals surface area contributed by atoms with Crippen LogP contribution in [0.2, 0.25) is 0 Å². The molecule has 5 rings (SSSR count). The third-order valence-corrected chi connectivity index (χ3v) is 5.44. The molecule has 1 aliphatic heterocycles. The normalized spacial score (nSPS) is 11.9. The van der Waals surface area contributed by atoms with Crippen molar-refractivity contribution < 1.29 is 19.0 Å². The molecule has 0 saturated carbocycles. The Hall–Kier alpha value is -4.05. The smallest absolute Gasteiger partial charge is 0.338 e. The molecule has 0 N–H and O–H groups in total. The van der Waals surface area contributed by atoms with Crippen LogP contribution in [-0.4, -0.2) is 19.9 Å². The second-order valence-corrected chi connectivity index (χ2v) is 7.20. The second-order valence-electron chi connectivity index (χ2n) is 7.20. The Balaban J connectivity index is 1.75. The molecule has 0 radical (unpaired) electrons. The summed E-state index contributed by atoms with van der Waals surface area (Å²) in [5.74, 6) is 0.750. The number of methoxy groups -OCH3 is 1. The molecule has 31 heavy (non-hydrogen) atoms. The van der Waals surface area contributed by atoms with Crippen molar-refractivity contribution in [1.82, 2.24) is 0 Å². The predicted octanol–water partition coefficient (Wildman–Crippen LogP) is 6.20. The summed E-state index contributed by atoms with van der Waals surface area (Å²) in [5.41, 5.74) is 6.46. The van der Waals surface area contributed by atoms with Crippen molar-refractivity contribution in [2.75, 3.05) is 13.9 Å². The number of rotatable bonds is 4. The molecule has 0 fully saturated rings. The lowest BCUT2D eigenvalue weighted by atomic mass is 9.88. The Morgan fingerprint density at radius 2 is 1.19 bits per heavy atom. The molecule has 4 aromatic rings. The topological polar surface area (TPSA) is 44.8 Å². The van der Waals surface area contributed by atoms with Crippen LogP contribution in [0.15, 0.2) is 91.0 Å². The summed E-state index contributed by atoms with van der Waals surface area (Å²) in [6.07, 6.45) is 0. The minimum absolute atomic E-state index is 0.137. The van der Waals surface area contributed by atoms with Gasteiger partial charge >= 0.3 is 5.97 Å². The van der Waals surface area contributed by atoms with Gasteiger partial charge in [0.25, 0.3) is 0 Å². The van der Waals surface area contributed by atoms with Crippen LogP contribution in [0.5, 0.6) is 11.5 Å². The third kappa shape index (κ3) is 3.42. The number of esters is 1. The molecule has 4 heteroatoms. The zero-order chi connectivity index (χ0) is 21.2. The zero-order valence-electron chi connectivity index (χ0n) is 17.0. The number of hydrogen-bond acceptors (Lipinski definition) is 4. The minimum atomic E-state index is -0.417. The molecule has 0 unspecified atom stereocenters. The van der Waals surface area contributed by atoms with E-state index in [1.54, 1.807) is 6.07 Å². The lowest BCUT2D eigenvalue weighted by Crippen LogP contribution is -2.04. The first-order valence-corrected chi connectivity index (χ1v) is 10.0. The Bertz CT molecular complexity index is 1260. The fraction of sp³-hybridized carbons (Fsp3) is 0.0741. The fourth-order valence-corrected chi connectivity index (χ4v) is 3.98. The maximum absolute atomic E-state index is 12.6. The van der Waals surface area contributed by atoms with Gasteiger partial charge in [0, 0.05) is 5.56 Å². The van der Waals surface area contributed by atoms with Crippen LogP contribution < -0.4 is 9.47 Å². The van der Waals surface area contributed by atoms with Crippen molar-refractivity contribution in [3.8, 4) is 44.9 Å². The van der Waals surface area contributed by atoms with Gasteiger partial charge in [-0.25, -0.2) is 4.79 Å². The van der Waals surface area contributed by atoms with E-state index in [1.807, 2.05) is 54.6 Å². The van der Waals surface area contributed by atoms with Crippen molar-refractivity contribution in [3.05, 3.63) is 96.6 Å². The number of carbonyl (C=O) groups is 1. The Morgan fingerprint density at radius 3 is 1.84 bits per heavy atom. The quantitative estimate of drug-likeness (QED) is 0.377. The van der Waals surface area contributed by atoms with E-state index < -0.39 is 5.97 Å². The number of hydrogen-bond donors (Lipinski definition) is 0. The van der Waals surface area contributed by atoms with Gasteiger partial charge in [0.2, 0.25) is 6.79 Å². The fourth-order valence-electron chi connectivity index (χ4n) is 3.98. The molecule has 0 aliphatic carbocycles.